The predicted molar refractivity (Wildman–Crippen MR) is 104 cm³/mol. The zero-order chi connectivity index (χ0) is 17.3. The van der Waals surface area contributed by atoms with Gasteiger partial charge in [0.1, 0.15) is 0 Å². The van der Waals surface area contributed by atoms with E-state index in [2.05, 4.69) is 59.5 Å². The summed E-state index contributed by atoms with van der Waals surface area (Å²) in [5.41, 5.74) is 2.89. The molecular weight excluding hydrogens is 389 g/mol. The first-order valence-electron chi connectivity index (χ1n) is 9.42. The molecule has 2 aliphatic heterocycles. The van der Waals surface area contributed by atoms with Crippen LogP contribution in [-0.2, 0) is 6.54 Å². The van der Waals surface area contributed by atoms with Crippen LogP contribution in [0, 0.1) is 0 Å². The van der Waals surface area contributed by atoms with E-state index in [9.17, 15) is 0 Å². The second-order valence-electron chi connectivity index (χ2n) is 7.18. The first kappa shape index (κ1) is 16.4. The van der Waals surface area contributed by atoms with Gasteiger partial charge in [0.15, 0.2) is 0 Å². The van der Waals surface area contributed by atoms with Crippen LogP contribution in [0.15, 0.2) is 54.6 Å². The van der Waals surface area contributed by atoms with Gasteiger partial charge in [-0.3, -0.25) is 0 Å². The average molecular weight is 412 g/mol. The zero-order valence-electron chi connectivity index (χ0n) is 14.8. The van der Waals surface area contributed by atoms with E-state index in [1.54, 1.807) is 0 Å². The number of hydrogen-bond acceptors (Lipinski definition) is 3. The van der Waals surface area contributed by atoms with Gasteiger partial charge in [0.2, 0.25) is 0 Å². The first-order chi connectivity index (χ1) is 12.9. The minimum absolute atomic E-state index is 0.349. The van der Waals surface area contributed by atoms with Crippen molar-refractivity contribution in [2.45, 2.75) is 36.7 Å². The van der Waals surface area contributed by atoms with Gasteiger partial charge in [-0.2, -0.15) is 0 Å². The molecule has 5 rings (SSSR count). The fourth-order valence-electron chi connectivity index (χ4n) is 4.15. The molecule has 2 aromatic carbocycles. The van der Waals surface area contributed by atoms with E-state index in [0.717, 1.165) is 24.6 Å². The monoisotopic (exact) mass is 413 g/mol. The van der Waals surface area contributed by atoms with Crippen LogP contribution in [0.1, 0.15) is 35.2 Å². The summed E-state index contributed by atoms with van der Waals surface area (Å²) < 4.78 is 12.8. The summed E-state index contributed by atoms with van der Waals surface area (Å²) in [7, 11) is 0. The molecule has 0 aromatic heterocycles. The van der Waals surface area contributed by atoms with Crippen molar-refractivity contribution in [3.63, 3.8) is 0 Å². The molecule has 26 heavy (non-hydrogen) atoms. The van der Waals surface area contributed by atoms with Gasteiger partial charge in [-0.15, -0.1) is 0 Å². The van der Waals surface area contributed by atoms with Gasteiger partial charge < -0.3 is 0 Å². The Kier molecular flexibility index (Phi) is 4.49. The molecule has 1 aliphatic carbocycles. The Hall–Kier alpha value is -1.74. The van der Waals surface area contributed by atoms with Crippen molar-refractivity contribution in [3.05, 3.63) is 65.7 Å². The third kappa shape index (κ3) is 3.18. The number of nitrogens with zero attached hydrogens (tertiary/aromatic N) is 1. The van der Waals surface area contributed by atoms with E-state index in [0.29, 0.717) is 32.6 Å². The molecule has 0 saturated carbocycles. The summed E-state index contributed by atoms with van der Waals surface area (Å²) in [5, 5.41) is 0. The fourth-order valence-corrected chi connectivity index (χ4v) is 6.78. The van der Waals surface area contributed by atoms with Gasteiger partial charge in [-0.1, -0.05) is 0 Å². The molecule has 0 saturated heterocycles. The van der Waals surface area contributed by atoms with Gasteiger partial charge in [-0.25, -0.2) is 0 Å². The number of rotatable bonds is 3. The molecule has 4 heteroatoms. The van der Waals surface area contributed by atoms with Gasteiger partial charge in [-0.05, 0) is 0 Å². The molecule has 2 aromatic rings. The molecule has 0 unspecified atom stereocenters. The first-order valence-corrected chi connectivity index (χ1v) is 11.3. The van der Waals surface area contributed by atoms with Crippen molar-refractivity contribution >= 4 is 19.4 Å². The number of fused-ring (bicyclic) bond motifs is 2. The summed E-state index contributed by atoms with van der Waals surface area (Å²) in [4.78, 5) is 3.23. The predicted octanol–water partition coefficient (Wildman–Crippen LogP) is 3.41. The minimum atomic E-state index is 0.349. The van der Waals surface area contributed by atoms with Crippen LogP contribution in [0.5, 0.6) is 11.5 Å². The van der Waals surface area contributed by atoms with Crippen molar-refractivity contribution in [3.8, 4) is 11.5 Å². The third-order valence-electron chi connectivity index (χ3n) is 5.47. The van der Waals surface area contributed by atoms with Crippen molar-refractivity contribution in [1.82, 2.24) is 4.90 Å². The number of ether oxygens (including phenoxy) is 2. The summed E-state index contributed by atoms with van der Waals surface area (Å²) in [6, 6.07) is 16.0. The van der Waals surface area contributed by atoms with E-state index in [4.69, 9.17) is 9.47 Å². The van der Waals surface area contributed by atoms with Gasteiger partial charge in [0.05, 0.1) is 0 Å². The Morgan fingerprint density at radius 2 is 1.88 bits per heavy atom. The molecule has 3 aliphatic rings. The Morgan fingerprint density at radius 1 is 1.04 bits per heavy atom. The molecular formula is C22H23NO2Se. The number of hydrogen-bond donors (Lipinski definition) is 0. The van der Waals surface area contributed by atoms with Crippen LogP contribution >= 0.6 is 0 Å². The molecule has 0 fully saturated rings. The fraction of sp³-hybridized carbons (Fsp3) is 0.364. The van der Waals surface area contributed by atoms with Crippen LogP contribution in [-0.4, -0.2) is 39.2 Å². The summed E-state index contributed by atoms with van der Waals surface area (Å²) in [6.45, 7) is 2.50. The van der Waals surface area contributed by atoms with Gasteiger partial charge >= 0.3 is 161 Å². The maximum absolute atomic E-state index is 5.67. The van der Waals surface area contributed by atoms with Gasteiger partial charge in [0.25, 0.3) is 0 Å². The van der Waals surface area contributed by atoms with Crippen LogP contribution in [0.3, 0.4) is 0 Å². The van der Waals surface area contributed by atoms with E-state index in [1.807, 2.05) is 0 Å². The summed E-state index contributed by atoms with van der Waals surface area (Å²) >= 11 is 0.404. The van der Waals surface area contributed by atoms with Gasteiger partial charge in [0, 0.05) is 0 Å². The molecule has 0 amide bonds. The molecule has 0 radical (unpaired) electrons. The third-order valence-corrected chi connectivity index (χ3v) is 8.06. The Labute approximate surface area is 161 Å². The average Bonchev–Trinajstić information content (AvgIpc) is 3.15. The van der Waals surface area contributed by atoms with Crippen LogP contribution in [0.2, 0.25) is 0 Å². The second-order valence-corrected chi connectivity index (χ2v) is 9.86. The summed E-state index contributed by atoms with van der Waals surface area (Å²) in [5.74, 6) is 1.83. The molecule has 134 valence electrons. The standard InChI is InChI=1S/C22H23NO2Se/c1-3-7-17(8-4-1)23-13-16-11-20-21(25-15-24-20)12-19(16)22(14-23)26-18-9-5-2-6-10-18/h2-3,5-7,9-12,17,22H,1,4,8,13-15H2/t17-,22+/m1/s1. The second kappa shape index (κ2) is 7.11. The zero-order valence-corrected chi connectivity index (χ0v) is 16.5. The van der Waals surface area contributed by atoms with E-state index in [1.165, 1.54) is 34.9 Å². The van der Waals surface area contributed by atoms with Crippen molar-refractivity contribution < 1.29 is 9.47 Å². The molecule has 0 bridgehead atoms. The van der Waals surface area contributed by atoms with Crippen LogP contribution < -0.4 is 13.9 Å². The number of benzene rings is 2. The normalized spacial score (nSPS) is 24.5. The molecule has 2 heterocycles. The van der Waals surface area contributed by atoms with Crippen molar-refractivity contribution in [2.75, 3.05) is 13.3 Å². The Morgan fingerprint density at radius 3 is 2.69 bits per heavy atom. The van der Waals surface area contributed by atoms with Crippen molar-refractivity contribution in [2.24, 2.45) is 0 Å². The molecule has 0 N–H and O–H groups in total. The Bertz CT molecular complexity index is 820. The number of allylic oxidation sites excluding steroid dienone is 1. The topological polar surface area (TPSA) is 21.7 Å². The molecule has 0 spiro atoms. The van der Waals surface area contributed by atoms with Crippen molar-refractivity contribution in [1.29, 1.82) is 0 Å². The van der Waals surface area contributed by atoms with E-state index < -0.39 is 0 Å². The SMILES string of the molecule is C1=C[C@@H](N2Cc3cc4c(cc3[C@@H]([Se]c3ccccc3)C2)OCO4)CCC1. The maximum atomic E-state index is 5.67. The quantitative estimate of drug-likeness (QED) is 0.570. The van der Waals surface area contributed by atoms with E-state index in [-0.39, 0.29) is 0 Å². The van der Waals surface area contributed by atoms with Crippen LogP contribution in [0.4, 0.5) is 0 Å². The molecule has 3 nitrogen and oxygen atoms in total. The summed E-state index contributed by atoms with van der Waals surface area (Å²) in [6.07, 6.45) is 8.60. The Balaban J connectivity index is 1.49. The van der Waals surface area contributed by atoms with Crippen LogP contribution in [0.25, 0.3) is 0 Å². The van der Waals surface area contributed by atoms with E-state index >= 15 is 0 Å². The molecule has 2 atom stereocenters.